The van der Waals surface area contributed by atoms with E-state index < -0.39 is 10.0 Å². The fourth-order valence-electron chi connectivity index (χ4n) is 2.42. The minimum atomic E-state index is -3.47. The second kappa shape index (κ2) is 8.78. The van der Waals surface area contributed by atoms with Gasteiger partial charge < -0.3 is 5.32 Å². The van der Waals surface area contributed by atoms with Crippen LogP contribution in [0.15, 0.2) is 48.5 Å². The Morgan fingerprint density at radius 3 is 2.48 bits per heavy atom. The van der Waals surface area contributed by atoms with Gasteiger partial charge >= 0.3 is 0 Å². The van der Waals surface area contributed by atoms with Crippen molar-refractivity contribution in [3.8, 4) is 0 Å². The first-order chi connectivity index (χ1) is 11.9. The Bertz CT molecular complexity index is 818. The molecule has 0 aromatic heterocycles. The van der Waals surface area contributed by atoms with E-state index in [-0.39, 0.29) is 18.2 Å². The van der Waals surface area contributed by atoms with E-state index in [1.165, 1.54) is 0 Å². The van der Waals surface area contributed by atoms with Gasteiger partial charge in [-0.1, -0.05) is 42.5 Å². The molecule has 2 rings (SSSR count). The van der Waals surface area contributed by atoms with Crippen molar-refractivity contribution in [3.63, 3.8) is 0 Å². The molecular formula is C19H24N2O3S. The van der Waals surface area contributed by atoms with Crippen molar-refractivity contribution >= 4 is 21.6 Å². The number of nitrogens with one attached hydrogen (secondary N) is 2. The summed E-state index contributed by atoms with van der Waals surface area (Å²) in [7, 11) is -3.47. The quantitative estimate of drug-likeness (QED) is 0.760. The highest BCUT2D eigenvalue weighted by Gasteiger charge is 2.13. The first kappa shape index (κ1) is 19.1. The Morgan fingerprint density at radius 2 is 1.76 bits per heavy atom. The van der Waals surface area contributed by atoms with Gasteiger partial charge in [-0.15, -0.1) is 0 Å². The molecule has 134 valence electrons. The lowest BCUT2D eigenvalue weighted by molar-refractivity contribution is -0.115. The Hall–Kier alpha value is -2.18. The smallest absolute Gasteiger partial charge is 0.239 e. The molecule has 0 saturated heterocycles. The van der Waals surface area contributed by atoms with E-state index in [9.17, 15) is 13.2 Å². The molecule has 0 bridgehead atoms. The molecule has 1 amide bonds. The number of amides is 1. The number of carbonyl (C=O) groups excluding carboxylic acids is 1. The van der Waals surface area contributed by atoms with Crippen LogP contribution in [0.25, 0.3) is 0 Å². The molecule has 0 atom stereocenters. The van der Waals surface area contributed by atoms with Gasteiger partial charge in [0.05, 0.1) is 12.3 Å². The van der Waals surface area contributed by atoms with Crippen LogP contribution in [0.5, 0.6) is 0 Å². The lowest BCUT2D eigenvalue weighted by Gasteiger charge is -2.10. The normalized spacial score (nSPS) is 11.3. The summed E-state index contributed by atoms with van der Waals surface area (Å²) >= 11 is 0. The first-order valence-electron chi connectivity index (χ1n) is 8.24. The van der Waals surface area contributed by atoms with Gasteiger partial charge in [0, 0.05) is 5.69 Å². The van der Waals surface area contributed by atoms with Crippen LogP contribution in [0.1, 0.15) is 23.1 Å². The summed E-state index contributed by atoms with van der Waals surface area (Å²) in [6, 6.07) is 15.5. The molecule has 25 heavy (non-hydrogen) atoms. The minimum absolute atomic E-state index is 0.00134. The third-order valence-electron chi connectivity index (χ3n) is 3.84. The Kier molecular flexibility index (Phi) is 6.73. The van der Waals surface area contributed by atoms with Crippen LogP contribution in [0, 0.1) is 13.8 Å². The zero-order chi connectivity index (χ0) is 18.3. The van der Waals surface area contributed by atoms with Crippen LogP contribution < -0.4 is 10.0 Å². The minimum Gasteiger partial charge on any atom is -0.325 e. The second-order valence-corrected chi connectivity index (χ2v) is 8.02. The number of hydrogen-bond acceptors (Lipinski definition) is 3. The topological polar surface area (TPSA) is 75.3 Å². The molecule has 0 aliphatic rings. The van der Waals surface area contributed by atoms with E-state index in [2.05, 4.69) is 10.0 Å². The highest BCUT2D eigenvalue weighted by molar-refractivity contribution is 7.89. The fourth-order valence-corrected chi connectivity index (χ4v) is 3.44. The lowest BCUT2D eigenvalue weighted by atomic mass is 10.1. The van der Waals surface area contributed by atoms with Crippen molar-refractivity contribution in [1.82, 2.24) is 4.72 Å². The van der Waals surface area contributed by atoms with Crippen LogP contribution in [0.2, 0.25) is 0 Å². The second-order valence-electron chi connectivity index (χ2n) is 6.10. The fraction of sp³-hybridized carbons (Fsp3) is 0.316. The molecule has 0 radical (unpaired) electrons. The molecule has 0 saturated carbocycles. The SMILES string of the molecule is Cc1ccc(C)c(NC(=O)CNS(=O)(=O)CCCc2ccccc2)c1. The van der Waals surface area contributed by atoms with Crippen LogP contribution in [0.4, 0.5) is 5.69 Å². The molecule has 2 N–H and O–H groups in total. The zero-order valence-corrected chi connectivity index (χ0v) is 15.4. The largest absolute Gasteiger partial charge is 0.325 e. The summed E-state index contributed by atoms with van der Waals surface area (Å²) in [5, 5.41) is 2.74. The molecular weight excluding hydrogens is 336 g/mol. The maximum absolute atomic E-state index is 12.0. The predicted octanol–water partition coefficient (Wildman–Crippen LogP) is 2.79. The highest BCUT2D eigenvalue weighted by Crippen LogP contribution is 2.16. The van der Waals surface area contributed by atoms with Crippen LogP contribution in [-0.2, 0) is 21.2 Å². The van der Waals surface area contributed by atoms with Gasteiger partial charge in [0.2, 0.25) is 15.9 Å². The van der Waals surface area contributed by atoms with E-state index in [4.69, 9.17) is 0 Å². The van der Waals surface area contributed by atoms with Crippen molar-refractivity contribution in [2.24, 2.45) is 0 Å². The van der Waals surface area contributed by atoms with Crippen LogP contribution in [0.3, 0.4) is 0 Å². The third kappa shape index (κ3) is 6.68. The number of sulfonamides is 1. The van der Waals surface area contributed by atoms with Gasteiger partial charge in [-0.25, -0.2) is 13.1 Å². The van der Waals surface area contributed by atoms with Gasteiger partial charge in [0.15, 0.2) is 0 Å². The van der Waals surface area contributed by atoms with Gasteiger partial charge in [-0.05, 0) is 49.4 Å². The molecule has 0 aliphatic heterocycles. The number of aryl methyl sites for hydroxylation is 3. The highest BCUT2D eigenvalue weighted by atomic mass is 32.2. The van der Waals surface area contributed by atoms with Gasteiger partial charge in [-0.2, -0.15) is 0 Å². The molecule has 0 unspecified atom stereocenters. The molecule has 0 fully saturated rings. The number of benzene rings is 2. The number of anilines is 1. The molecule has 2 aromatic carbocycles. The van der Waals surface area contributed by atoms with Crippen LogP contribution in [-0.4, -0.2) is 26.6 Å². The zero-order valence-electron chi connectivity index (χ0n) is 14.6. The van der Waals surface area contributed by atoms with Crippen molar-refractivity contribution in [2.75, 3.05) is 17.6 Å². The molecule has 0 aliphatic carbocycles. The molecule has 0 heterocycles. The molecule has 2 aromatic rings. The van der Waals surface area contributed by atoms with Gasteiger partial charge in [0.1, 0.15) is 0 Å². The predicted molar refractivity (Wildman–Crippen MR) is 101 cm³/mol. The Balaban J connectivity index is 1.78. The summed E-state index contributed by atoms with van der Waals surface area (Å²) in [6.45, 7) is 3.56. The van der Waals surface area contributed by atoms with E-state index in [0.717, 1.165) is 16.7 Å². The average molecular weight is 360 g/mol. The number of rotatable bonds is 8. The summed E-state index contributed by atoms with van der Waals surface area (Å²) in [6.07, 6.45) is 1.20. The maximum Gasteiger partial charge on any atom is 0.239 e. The standard InChI is InChI=1S/C19H24N2O3S/c1-15-10-11-16(2)18(13-15)21-19(22)14-20-25(23,24)12-6-9-17-7-4-3-5-8-17/h3-5,7-8,10-11,13,20H,6,9,12,14H2,1-2H3,(H,21,22). The van der Waals surface area contributed by atoms with Gasteiger partial charge in [0.25, 0.3) is 0 Å². The van der Waals surface area contributed by atoms with E-state index >= 15 is 0 Å². The van der Waals surface area contributed by atoms with Crippen molar-refractivity contribution < 1.29 is 13.2 Å². The van der Waals surface area contributed by atoms with E-state index in [0.29, 0.717) is 18.5 Å². The van der Waals surface area contributed by atoms with Crippen LogP contribution >= 0.6 is 0 Å². The van der Waals surface area contributed by atoms with Crippen molar-refractivity contribution in [3.05, 3.63) is 65.2 Å². The van der Waals surface area contributed by atoms with Crippen molar-refractivity contribution in [1.29, 1.82) is 0 Å². The monoisotopic (exact) mass is 360 g/mol. The van der Waals surface area contributed by atoms with E-state index in [1.54, 1.807) is 0 Å². The third-order valence-corrected chi connectivity index (χ3v) is 5.25. The Morgan fingerprint density at radius 1 is 1.04 bits per heavy atom. The summed E-state index contributed by atoms with van der Waals surface area (Å²) in [4.78, 5) is 12.0. The first-order valence-corrected chi connectivity index (χ1v) is 9.89. The summed E-state index contributed by atoms with van der Waals surface area (Å²) in [5.41, 5.74) is 3.77. The molecule has 0 spiro atoms. The lowest BCUT2D eigenvalue weighted by Crippen LogP contribution is -2.34. The summed E-state index contributed by atoms with van der Waals surface area (Å²) < 4.78 is 26.4. The number of hydrogen-bond donors (Lipinski definition) is 2. The van der Waals surface area contributed by atoms with Crippen molar-refractivity contribution in [2.45, 2.75) is 26.7 Å². The van der Waals surface area contributed by atoms with E-state index in [1.807, 2.05) is 62.4 Å². The molecule has 5 nitrogen and oxygen atoms in total. The summed E-state index contributed by atoms with van der Waals surface area (Å²) in [5.74, 6) is -0.376. The average Bonchev–Trinajstić information content (AvgIpc) is 2.57. The number of carbonyl (C=O) groups is 1. The maximum atomic E-state index is 12.0. The van der Waals surface area contributed by atoms with Gasteiger partial charge in [-0.3, -0.25) is 4.79 Å². The molecule has 6 heteroatoms. The Labute approximate surface area is 149 Å².